The van der Waals surface area contributed by atoms with Crippen LogP contribution in [0.15, 0.2) is 64.3 Å². The molecule has 0 radical (unpaired) electrons. The monoisotopic (exact) mass is 447 g/mol. The maximum Gasteiger partial charge on any atom is 0.257 e. The number of nitrogens with zero attached hydrogens (tertiary/aromatic N) is 4. The molecule has 2 aromatic heterocycles. The molecule has 0 saturated heterocycles. The van der Waals surface area contributed by atoms with Crippen molar-refractivity contribution in [2.75, 3.05) is 0 Å². The molecule has 2 aromatic carbocycles. The molecular formula is C24H25N5O2S. The van der Waals surface area contributed by atoms with Crippen molar-refractivity contribution >= 4 is 17.7 Å². The molecule has 4 aromatic rings. The average Bonchev–Trinajstić information content (AvgIpc) is 3.36. The van der Waals surface area contributed by atoms with Crippen molar-refractivity contribution in [1.29, 1.82) is 0 Å². The van der Waals surface area contributed by atoms with E-state index in [1.54, 1.807) is 18.7 Å². The van der Waals surface area contributed by atoms with Crippen LogP contribution >= 0.6 is 11.8 Å². The molecule has 0 aliphatic rings. The zero-order valence-electron chi connectivity index (χ0n) is 18.5. The summed E-state index contributed by atoms with van der Waals surface area (Å²) in [4.78, 5) is 13.1. The van der Waals surface area contributed by atoms with Crippen LogP contribution in [0.25, 0.3) is 11.3 Å². The van der Waals surface area contributed by atoms with Crippen LogP contribution in [0.2, 0.25) is 0 Å². The van der Waals surface area contributed by atoms with E-state index < -0.39 is 0 Å². The number of aryl methyl sites for hydroxylation is 2. The molecule has 0 spiro atoms. The molecule has 0 aliphatic heterocycles. The lowest BCUT2D eigenvalue weighted by molar-refractivity contribution is 0.0936. The Morgan fingerprint density at radius 3 is 2.56 bits per heavy atom. The van der Waals surface area contributed by atoms with E-state index in [4.69, 9.17) is 4.52 Å². The van der Waals surface area contributed by atoms with E-state index in [1.165, 1.54) is 11.1 Å². The zero-order valence-corrected chi connectivity index (χ0v) is 19.3. The Morgan fingerprint density at radius 2 is 1.81 bits per heavy atom. The average molecular weight is 448 g/mol. The molecule has 0 fully saturated rings. The standard InChI is InChI=1S/C24H25N5O2S/c1-15-10-8-9-13-19(15)14-32-24-27-26-22(29(24)4)16(2)25-23(30)20-17(3)31-28-21(20)18-11-6-5-7-12-18/h5-13,16H,14H2,1-4H3,(H,25,30)/t16-/m0/s1. The number of rotatable bonds is 7. The van der Waals surface area contributed by atoms with Gasteiger partial charge in [-0.2, -0.15) is 0 Å². The van der Waals surface area contributed by atoms with E-state index >= 15 is 0 Å². The van der Waals surface area contributed by atoms with E-state index in [1.807, 2.05) is 61.0 Å². The maximum absolute atomic E-state index is 13.1. The van der Waals surface area contributed by atoms with Crippen molar-refractivity contribution in [2.45, 2.75) is 37.7 Å². The summed E-state index contributed by atoms with van der Waals surface area (Å²) in [6.45, 7) is 5.73. The first-order valence-electron chi connectivity index (χ1n) is 10.3. The van der Waals surface area contributed by atoms with Crippen LogP contribution in [0.1, 0.15) is 46.0 Å². The lowest BCUT2D eigenvalue weighted by Crippen LogP contribution is -2.29. The Balaban J connectivity index is 1.48. The first-order valence-corrected chi connectivity index (χ1v) is 11.3. The maximum atomic E-state index is 13.1. The van der Waals surface area contributed by atoms with Crippen LogP contribution in [-0.4, -0.2) is 25.8 Å². The van der Waals surface area contributed by atoms with Crippen molar-refractivity contribution in [1.82, 2.24) is 25.2 Å². The number of amides is 1. The number of carbonyl (C=O) groups excluding carboxylic acids is 1. The van der Waals surface area contributed by atoms with Crippen molar-refractivity contribution in [2.24, 2.45) is 7.05 Å². The highest BCUT2D eigenvalue weighted by molar-refractivity contribution is 7.98. The third-order valence-electron chi connectivity index (χ3n) is 5.36. The molecule has 164 valence electrons. The van der Waals surface area contributed by atoms with Crippen LogP contribution in [-0.2, 0) is 12.8 Å². The van der Waals surface area contributed by atoms with E-state index in [2.05, 4.69) is 39.7 Å². The van der Waals surface area contributed by atoms with Gasteiger partial charge in [-0.25, -0.2) is 0 Å². The van der Waals surface area contributed by atoms with E-state index in [0.29, 0.717) is 22.8 Å². The normalized spacial score (nSPS) is 12.0. The van der Waals surface area contributed by atoms with Gasteiger partial charge in [0, 0.05) is 18.4 Å². The van der Waals surface area contributed by atoms with E-state index in [0.717, 1.165) is 16.5 Å². The smallest absolute Gasteiger partial charge is 0.257 e. The van der Waals surface area contributed by atoms with Gasteiger partial charge in [0.05, 0.1) is 6.04 Å². The van der Waals surface area contributed by atoms with Gasteiger partial charge in [0.2, 0.25) is 0 Å². The Morgan fingerprint density at radius 1 is 1.09 bits per heavy atom. The van der Waals surface area contributed by atoms with Gasteiger partial charge >= 0.3 is 0 Å². The third kappa shape index (κ3) is 4.45. The van der Waals surface area contributed by atoms with Gasteiger partial charge < -0.3 is 14.4 Å². The molecule has 0 bridgehead atoms. The molecule has 4 rings (SSSR count). The van der Waals surface area contributed by atoms with Gasteiger partial charge in [-0.05, 0) is 31.9 Å². The first-order chi connectivity index (χ1) is 15.5. The first kappa shape index (κ1) is 21.8. The number of nitrogens with one attached hydrogen (secondary N) is 1. The van der Waals surface area contributed by atoms with E-state index in [9.17, 15) is 4.79 Å². The zero-order chi connectivity index (χ0) is 22.7. The molecule has 0 unspecified atom stereocenters. The molecular weight excluding hydrogens is 422 g/mol. The Kier molecular flexibility index (Phi) is 6.41. The summed E-state index contributed by atoms with van der Waals surface area (Å²) in [5, 5.41) is 16.6. The molecule has 2 heterocycles. The fourth-order valence-corrected chi connectivity index (χ4v) is 4.50. The summed E-state index contributed by atoms with van der Waals surface area (Å²) in [6, 6.07) is 17.5. The van der Waals surface area contributed by atoms with Crippen LogP contribution in [0.3, 0.4) is 0 Å². The summed E-state index contributed by atoms with van der Waals surface area (Å²) in [7, 11) is 1.91. The predicted octanol–water partition coefficient (Wildman–Crippen LogP) is 4.87. The fraction of sp³-hybridized carbons (Fsp3) is 0.250. The predicted molar refractivity (Wildman–Crippen MR) is 124 cm³/mol. The lowest BCUT2D eigenvalue weighted by Gasteiger charge is -2.14. The highest BCUT2D eigenvalue weighted by Gasteiger charge is 2.25. The summed E-state index contributed by atoms with van der Waals surface area (Å²) in [5.74, 6) is 1.70. The summed E-state index contributed by atoms with van der Waals surface area (Å²) in [5.41, 5.74) is 4.30. The summed E-state index contributed by atoms with van der Waals surface area (Å²) < 4.78 is 7.25. The highest BCUT2D eigenvalue weighted by Crippen LogP contribution is 2.27. The van der Waals surface area contributed by atoms with Crippen LogP contribution in [0.4, 0.5) is 0 Å². The van der Waals surface area contributed by atoms with Crippen molar-refractivity contribution in [3.8, 4) is 11.3 Å². The third-order valence-corrected chi connectivity index (χ3v) is 6.43. The highest BCUT2D eigenvalue weighted by atomic mass is 32.2. The number of carbonyl (C=O) groups is 1. The lowest BCUT2D eigenvalue weighted by atomic mass is 10.1. The Bertz CT molecular complexity index is 1230. The van der Waals surface area contributed by atoms with Crippen molar-refractivity contribution in [3.63, 3.8) is 0 Å². The Hall–Kier alpha value is -3.39. The van der Waals surface area contributed by atoms with Gasteiger partial charge in [0.25, 0.3) is 5.91 Å². The summed E-state index contributed by atoms with van der Waals surface area (Å²) >= 11 is 1.62. The molecule has 8 heteroatoms. The van der Waals surface area contributed by atoms with Crippen LogP contribution < -0.4 is 5.32 Å². The second-order valence-corrected chi connectivity index (χ2v) is 8.58. The van der Waals surface area contributed by atoms with Crippen molar-refractivity contribution < 1.29 is 9.32 Å². The largest absolute Gasteiger partial charge is 0.360 e. The number of hydrogen-bond acceptors (Lipinski definition) is 6. The molecule has 7 nitrogen and oxygen atoms in total. The minimum atomic E-state index is -0.342. The van der Waals surface area contributed by atoms with Crippen molar-refractivity contribution in [3.05, 3.63) is 82.9 Å². The second-order valence-electron chi connectivity index (χ2n) is 7.64. The Labute approximate surface area is 191 Å². The van der Waals surface area contributed by atoms with Crippen LogP contribution in [0.5, 0.6) is 0 Å². The molecule has 32 heavy (non-hydrogen) atoms. The molecule has 0 aliphatic carbocycles. The van der Waals surface area contributed by atoms with E-state index in [-0.39, 0.29) is 11.9 Å². The van der Waals surface area contributed by atoms with Crippen LogP contribution in [0, 0.1) is 13.8 Å². The minimum Gasteiger partial charge on any atom is -0.360 e. The SMILES string of the molecule is Cc1ccccc1CSc1nnc([C@H](C)NC(=O)c2c(-c3ccccc3)noc2C)n1C. The number of hydrogen-bond donors (Lipinski definition) is 1. The number of aromatic nitrogens is 4. The molecule has 1 amide bonds. The molecule has 1 atom stereocenters. The topological polar surface area (TPSA) is 85.8 Å². The second kappa shape index (κ2) is 9.40. The molecule has 0 saturated carbocycles. The number of thioether (sulfide) groups is 1. The minimum absolute atomic E-state index is 0.257. The quantitative estimate of drug-likeness (QED) is 0.407. The summed E-state index contributed by atoms with van der Waals surface area (Å²) in [6.07, 6.45) is 0. The number of benzene rings is 2. The molecule has 1 N–H and O–H groups in total. The van der Waals surface area contributed by atoms with Gasteiger partial charge in [-0.3, -0.25) is 4.79 Å². The van der Waals surface area contributed by atoms with Gasteiger partial charge in [-0.1, -0.05) is 71.5 Å². The fourth-order valence-electron chi connectivity index (χ4n) is 3.51. The van der Waals surface area contributed by atoms with Gasteiger partial charge in [0.15, 0.2) is 11.0 Å². The van der Waals surface area contributed by atoms with Gasteiger partial charge in [-0.15, -0.1) is 10.2 Å². The van der Waals surface area contributed by atoms with Gasteiger partial charge in [0.1, 0.15) is 17.0 Å².